The van der Waals surface area contributed by atoms with Crippen LogP contribution in [0.15, 0.2) is 42.5 Å². The van der Waals surface area contributed by atoms with E-state index in [0.29, 0.717) is 17.9 Å². The van der Waals surface area contributed by atoms with Crippen molar-refractivity contribution in [3.05, 3.63) is 73.8 Å². The van der Waals surface area contributed by atoms with E-state index in [1.807, 2.05) is 0 Å². The highest BCUT2D eigenvalue weighted by atomic mass is 79.9. The minimum atomic E-state index is -0.660. The summed E-state index contributed by atoms with van der Waals surface area (Å²) in [5.41, 5.74) is -0.0175. The lowest BCUT2D eigenvalue weighted by Gasteiger charge is -2.30. The number of nitrogens with zero attached hydrogens (tertiary/aromatic N) is 3. The average Bonchev–Trinajstić information content (AvgIpc) is 3.02. The molecule has 0 aromatic heterocycles. The van der Waals surface area contributed by atoms with E-state index in [4.69, 9.17) is 23.2 Å². The number of carbonyl (C=O) groups excluding carboxylic acids is 3. The first-order valence-electron chi connectivity index (χ1n) is 10.2. The number of hydrogen-bond acceptors (Lipinski definition) is 5. The second-order valence-corrected chi connectivity index (χ2v) is 11.3. The Morgan fingerprint density at radius 1 is 1.00 bits per heavy atom. The number of nitro benzene ring substituents is 1. The Hall–Kier alpha value is -2.01. The lowest BCUT2D eigenvalue weighted by molar-refractivity contribution is -0.385. The van der Waals surface area contributed by atoms with E-state index in [0.717, 1.165) is 10.0 Å². The molecule has 12 heteroatoms. The quantitative estimate of drug-likeness (QED) is 0.190. The van der Waals surface area contributed by atoms with Crippen molar-refractivity contribution in [1.29, 1.82) is 0 Å². The zero-order valence-corrected chi connectivity index (χ0v) is 22.1. The number of carbonyl (C=O) groups is 3. The van der Waals surface area contributed by atoms with Crippen LogP contribution in [-0.4, -0.2) is 42.3 Å². The summed E-state index contributed by atoms with van der Waals surface area (Å²) in [6, 6.07) is 9.98. The number of nitro groups is 1. The first-order chi connectivity index (χ1) is 16.1. The first kappa shape index (κ1) is 25.1. The SMILES string of the molecule is O=C(c1ccc(Cl)cc1)N(Cc1ccc(Cl)cc1[N+](=O)[O-])N1C(=O)[C@@H]2C[C@H](Br)[C@@H](Br)C[C@H]2C1=O. The third-order valence-corrected chi connectivity index (χ3v) is 9.24. The van der Waals surface area contributed by atoms with Gasteiger partial charge < -0.3 is 0 Å². The van der Waals surface area contributed by atoms with Crippen LogP contribution in [0, 0.1) is 22.0 Å². The summed E-state index contributed by atoms with van der Waals surface area (Å²) in [5, 5.41) is 14.0. The minimum absolute atomic E-state index is 0.0109. The van der Waals surface area contributed by atoms with Gasteiger partial charge in [-0.15, -0.1) is 0 Å². The van der Waals surface area contributed by atoms with E-state index in [1.165, 1.54) is 42.5 Å². The number of hydrazine groups is 1. The van der Waals surface area contributed by atoms with Crippen LogP contribution in [-0.2, 0) is 16.1 Å². The van der Waals surface area contributed by atoms with Gasteiger partial charge in [-0.2, -0.15) is 5.01 Å². The van der Waals surface area contributed by atoms with Crippen LogP contribution in [0.5, 0.6) is 0 Å². The first-order valence-corrected chi connectivity index (χ1v) is 12.8. The average molecular weight is 634 g/mol. The number of amides is 3. The van der Waals surface area contributed by atoms with Crippen molar-refractivity contribution in [2.45, 2.75) is 29.0 Å². The number of benzene rings is 2. The lowest BCUT2D eigenvalue weighted by Crippen LogP contribution is -2.49. The molecule has 1 heterocycles. The molecule has 34 heavy (non-hydrogen) atoms. The third kappa shape index (κ3) is 4.73. The van der Waals surface area contributed by atoms with Crippen LogP contribution in [0.25, 0.3) is 0 Å². The summed E-state index contributed by atoms with van der Waals surface area (Å²) in [7, 11) is 0. The molecule has 0 spiro atoms. The molecule has 4 atom stereocenters. The van der Waals surface area contributed by atoms with Gasteiger partial charge in [0, 0.05) is 31.3 Å². The van der Waals surface area contributed by atoms with Crippen LogP contribution in [0.4, 0.5) is 5.69 Å². The number of halogens is 4. The maximum atomic E-state index is 13.5. The van der Waals surface area contributed by atoms with Crippen molar-refractivity contribution in [1.82, 2.24) is 10.0 Å². The van der Waals surface area contributed by atoms with Crippen molar-refractivity contribution < 1.29 is 19.3 Å². The Bertz CT molecular complexity index is 1150. The molecule has 2 fully saturated rings. The van der Waals surface area contributed by atoms with Gasteiger partial charge >= 0.3 is 0 Å². The van der Waals surface area contributed by atoms with Crippen molar-refractivity contribution >= 4 is 78.5 Å². The van der Waals surface area contributed by atoms with E-state index in [9.17, 15) is 24.5 Å². The van der Waals surface area contributed by atoms with Gasteiger partial charge in [-0.1, -0.05) is 55.1 Å². The number of fused-ring (bicyclic) bond motifs is 1. The molecule has 178 valence electrons. The smallest absolute Gasteiger partial charge is 0.272 e. The van der Waals surface area contributed by atoms with Crippen LogP contribution in [0.2, 0.25) is 10.0 Å². The standard InChI is InChI=1S/C22H17Br2Cl2N3O5/c23-17-8-15-16(9-18(17)24)22(32)28(21(15)31)27(20(30)11-1-4-13(25)5-2-11)10-12-3-6-14(26)7-19(12)29(33)34/h1-7,15-18H,8-10H2/t15-,16-,17+,18+/m1/s1. The normalized spacial score (nSPS) is 24.2. The summed E-state index contributed by atoms with van der Waals surface area (Å²) < 4.78 is 0. The minimum Gasteiger partial charge on any atom is -0.272 e. The second kappa shape index (κ2) is 9.93. The Morgan fingerprint density at radius 2 is 1.53 bits per heavy atom. The zero-order valence-electron chi connectivity index (χ0n) is 17.4. The highest BCUT2D eigenvalue weighted by Crippen LogP contribution is 2.44. The number of rotatable bonds is 5. The maximum absolute atomic E-state index is 13.5. The molecule has 2 aliphatic rings. The van der Waals surface area contributed by atoms with Crippen LogP contribution in [0.1, 0.15) is 28.8 Å². The number of alkyl halides is 2. The maximum Gasteiger partial charge on any atom is 0.275 e. The van der Waals surface area contributed by atoms with Gasteiger partial charge in [0.2, 0.25) is 0 Å². The number of imide groups is 1. The summed E-state index contributed by atoms with van der Waals surface area (Å²) in [5.74, 6) is -2.85. The van der Waals surface area contributed by atoms with Crippen LogP contribution >= 0.6 is 55.1 Å². The van der Waals surface area contributed by atoms with Gasteiger partial charge in [-0.25, -0.2) is 5.01 Å². The topological polar surface area (TPSA) is 101 Å². The molecule has 8 nitrogen and oxygen atoms in total. The summed E-state index contributed by atoms with van der Waals surface area (Å²) in [6.07, 6.45) is 0.845. The van der Waals surface area contributed by atoms with E-state index in [1.54, 1.807) is 0 Å². The Balaban J connectivity index is 1.76. The van der Waals surface area contributed by atoms with Crippen molar-refractivity contribution in [2.24, 2.45) is 11.8 Å². The lowest BCUT2D eigenvalue weighted by atomic mass is 9.81. The van der Waals surface area contributed by atoms with Crippen molar-refractivity contribution in [2.75, 3.05) is 0 Å². The molecule has 3 amide bonds. The molecule has 1 saturated heterocycles. The largest absolute Gasteiger partial charge is 0.275 e. The highest BCUT2D eigenvalue weighted by molar-refractivity contribution is 9.12. The van der Waals surface area contributed by atoms with Crippen LogP contribution in [0.3, 0.4) is 0 Å². The van der Waals surface area contributed by atoms with E-state index >= 15 is 0 Å². The fraction of sp³-hybridized carbons (Fsp3) is 0.318. The van der Waals surface area contributed by atoms with Gasteiger partial charge in [-0.3, -0.25) is 24.5 Å². The van der Waals surface area contributed by atoms with Crippen molar-refractivity contribution in [3.8, 4) is 0 Å². The highest BCUT2D eigenvalue weighted by Gasteiger charge is 2.54. The molecule has 4 rings (SSSR count). The van der Waals surface area contributed by atoms with E-state index in [2.05, 4.69) is 31.9 Å². The Kier molecular flexibility index (Phi) is 7.33. The monoisotopic (exact) mass is 631 g/mol. The van der Waals surface area contributed by atoms with Gasteiger partial charge in [0.15, 0.2) is 0 Å². The molecule has 2 aromatic carbocycles. The molecule has 0 unspecified atom stereocenters. The van der Waals surface area contributed by atoms with E-state index < -0.39 is 34.5 Å². The molecule has 0 bridgehead atoms. The van der Waals surface area contributed by atoms with Gasteiger partial charge in [0.1, 0.15) is 0 Å². The predicted octanol–water partition coefficient (Wildman–Crippen LogP) is 5.38. The second-order valence-electron chi connectivity index (χ2n) is 8.10. The van der Waals surface area contributed by atoms with E-state index in [-0.39, 0.29) is 38.0 Å². The molecule has 0 N–H and O–H groups in total. The van der Waals surface area contributed by atoms with Gasteiger partial charge in [0.05, 0.1) is 28.9 Å². The molecule has 1 saturated carbocycles. The molecule has 1 aliphatic heterocycles. The summed E-state index contributed by atoms with van der Waals surface area (Å²) >= 11 is 19.0. The molecular formula is C22H17Br2Cl2N3O5. The summed E-state index contributed by atoms with van der Waals surface area (Å²) in [4.78, 5) is 51.3. The Morgan fingerprint density at radius 3 is 2.06 bits per heavy atom. The van der Waals surface area contributed by atoms with Gasteiger partial charge in [0.25, 0.3) is 23.4 Å². The molecule has 2 aromatic rings. The van der Waals surface area contributed by atoms with Crippen molar-refractivity contribution in [3.63, 3.8) is 0 Å². The fourth-order valence-corrected chi connectivity index (χ4v) is 5.82. The predicted molar refractivity (Wildman–Crippen MR) is 133 cm³/mol. The Labute approximate surface area is 221 Å². The van der Waals surface area contributed by atoms with Gasteiger partial charge in [-0.05, 0) is 49.2 Å². The molecular weight excluding hydrogens is 617 g/mol. The van der Waals surface area contributed by atoms with Crippen LogP contribution < -0.4 is 0 Å². The number of hydrogen-bond donors (Lipinski definition) is 0. The fourth-order valence-electron chi connectivity index (χ4n) is 4.29. The summed E-state index contributed by atoms with van der Waals surface area (Å²) in [6.45, 7) is -0.374. The third-order valence-electron chi connectivity index (χ3n) is 6.02. The zero-order chi connectivity index (χ0) is 24.7. The molecule has 1 aliphatic carbocycles. The molecule has 0 radical (unpaired) electrons.